The molecule has 1 fully saturated rings. The molecule has 0 spiro atoms. The zero-order valence-corrected chi connectivity index (χ0v) is 19.0. The Bertz CT molecular complexity index is 1220. The molecule has 0 bridgehead atoms. The van der Waals surface area contributed by atoms with Crippen molar-refractivity contribution in [1.82, 2.24) is 9.88 Å². The fourth-order valence-electron chi connectivity index (χ4n) is 4.54. The van der Waals surface area contributed by atoms with Crippen LogP contribution >= 0.6 is 11.3 Å². The van der Waals surface area contributed by atoms with E-state index in [0.717, 1.165) is 22.4 Å². The van der Waals surface area contributed by atoms with E-state index in [1.54, 1.807) is 12.4 Å². The Morgan fingerprint density at radius 3 is 2.82 bits per heavy atom. The maximum Gasteiger partial charge on any atom is 0.228 e. The molecule has 2 atom stereocenters. The van der Waals surface area contributed by atoms with Crippen LogP contribution in [0.4, 0.5) is 5.00 Å². The summed E-state index contributed by atoms with van der Waals surface area (Å²) in [5, 5.41) is 13.4. The molecule has 1 aliphatic carbocycles. The van der Waals surface area contributed by atoms with Crippen molar-refractivity contribution in [2.45, 2.75) is 38.1 Å². The minimum Gasteiger partial charge on any atom is -0.337 e. The van der Waals surface area contributed by atoms with E-state index in [4.69, 9.17) is 0 Å². The van der Waals surface area contributed by atoms with Crippen LogP contribution in [0.2, 0.25) is 0 Å². The highest BCUT2D eigenvalue weighted by Crippen LogP contribution is 2.48. The Hall–Kier alpha value is -3.50. The minimum atomic E-state index is -0.0522. The first kappa shape index (κ1) is 21.4. The molecule has 1 N–H and O–H groups in total. The van der Waals surface area contributed by atoms with E-state index in [9.17, 15) is 14.9 Å². The summed E-state index contributed by atoms with van der Waals surface area (Å²) < 4.78 is 0. The third-order valence-corrected chi connectivity index (χ3v) is 7.60. The quantitative estimate of drug-likeness (QED) is 0.600. The zero-order chi connectivity index (χ0) is 22.8. The number of carbonyl (C=O) groups excluding carboxylic acids is 2. The van der Waals surface area contributed by atoms with Gasteiger partial charge in [0.15, 0.2) is 0 Å². The molecule has 2 aromatic heterocycles. The second kappa shape index (κ2) is 9.16. The van der Waals surface area contributed by atoms with Crippen molar-refractivity contribution >= 4 is 28.2 Å². The number of hydrogen-bond acceptors (Lipinski definition) is 5. The third kappa shape index (κ3) is 4.53. The summed E-state index contributed by atoms with van der Waals surface area (Å²) in [5.74, 6) is 0.275. The van der Waals surface area contributed by atoms with Crippen LogP contribution in [0.25, 0.3) is 0 Å². The molecule has 1 aromatic carbocycles. The van der Waals surface area contributed by atoms with Gasteiger partial charge in [-0.25, -0.2) is 0 Å². The largest absolute Gasteiger partial charge is 0.337 e. The van der Waals surface area contributed by atoms with E-state index < -0.39 is 0 Å². The Morgan fingerprint density at radius 2 is 2.06 bits per heavy atom. The summed E-state index contributed by atoms with van der Waals surface area (Å²) in [6.07, 6.45) is 6.08. The van der Waals surface area contributed by atoms with Crippen LogP contribution < -0.4 is 5.32 Å². The van der Waals surface area contributed by atoms with E-state index in [0.29, 0.717) is 42.9 Å². The lowest BCUT2D eigenvalue weighted by molar-refractivity contribution is -0.132. The molecule has 2 amide bonds. The lowest BCUT2D eigenvalue weighted by Crippen LogP contribution is -2.35. The summed E-state index contributed by atoms with van der Waals surface area (Å²) in [4.78, 5) is 32.6. The average Bonchev–Trinajstić information content (AvgIpc) is 3.59. The Labute approximate surface area is 196 Å². The number of benzene rings is 1. The predicted octanol–water partition coefficient (Wildman–Crippen LogP) is 4.27. The second-order valence-electron chi connectivity index (χ2n) is 8.59. The molecule has 0 unspecified atom stereocenters. The van der Waals surface area contributed by atoms with Crippen LogP contribution in [-0.4, -0.2) is 28.2 Å². The van der Waals surface area contributed by atoms with E-state index in [-0.39, 0.29) is 23.7 Å². The number of pyridine rings is 1. The maximum atomic E-state index is 12.8. The number of aromatic nitrogens is 1. The average molecular weight is 457 g/mol. The topological polar surface area (TPSA) is 86.1 Å². The van der Waals surface area contributed by atoms with Crippen LogP contribution in [0.15, 0.2) is 54.9 Å². The fraction of sp³-hybridized carbons (Fsp3) is 0.308. The molecule has 3 aromatic rings. The molecule has 0 saturated heterocycles. The molecule has 0 radical (unpaired) electrons. The van der Waals surface area contributed by atoms with Crippen molar-refractivity contribution in [3.05, 3.63) is 82.0 Å². The number of fused-ring (bicyclic) bond motifs is 1. The lowest BCUT2D eigenvalue weighted by atomic mass is 10.0. The number of thiophene rings is 1. The molecular formula is C26H24N4O2S. The van der Waals surface area contributed by atoms with E-state index in [2.05, 4.69) is 28.5 Å². The van der Waals surface area contributed by atoms with Gasteiger partial charge in [0.1, 0.15) is 11.1 Å². The Balaban J connectivity index is 1.23. The molecule has 1 aliphatic heterocycles. The first-order valence-electron chi connectivity index (χ1n) is 11.2. The van der Waals surface area contributed by atoms with Crippen LogP contribution in [0.3, 0.4) is 0 Å². The van der Waals surface area contributed by atoms with Gasteiger partial charge >= 0.3 is 0 Å². The summed E-state index contributed by atoms with van der Waals surface area (Å²) in [6, 6.07) is 16.2. The van der Waals surface area contributed by atoms with E-state index in [1.807, 2.05) is 35.2 Å². The number of carbonyl (C=O) groups is 2. The molecule has 6 nitrogen and oxygen atoms in total. The molecule has 1 saturated carbocycles. The lowest BCUT2D eigenvalue weighted by Gasteiger charge is -2.27. The molecule has 166 valence electrons. The predicted molar refractivity (Wildman–Crippen MR) is 127 cm³/mol. The van der Waals surface area contributed by atoms with Crippen molar-refractivity contribution < 1.29 is 9.59 Å². The van der Waals surface area contributed by atoms with Gasteiger partial charge in [-0.2, -0.15) is 5.26 Å². The molecule has 3 heterocycles. The standard InChI is InChI=1S/C26H24N4O2S/c27-14-22-19-10-12-30(24(31)9-8-17-5-4-11-28-15-17)16-23(19)33-26(22)29-25(32)21-13-20(21)18-6-2-1-3-7-18/h1-7,11,15,20-21H,8-10,12-13,16H2,(H,29,32)/t20-,21-/m1/s1. The van der Waals surface area contributed by atoms with Gasteiger partial charge in [0.25, 0.3) is 0 Å². The van der Waals surface area contributed by atoms with E-state index >= 15 is 0 Å². The van der Waals surface area contributed by atoms with Gasteiger partial charge < -0.3 is 10.2 Å². The summed E-state index contributed by atoms with van der Waals surface area (Å²) in [6.45, 7) is 1.09. The van der Waals surface area contributed by atoms with Crippen LogP contribution in [0, 0.1) is 17.2 Å². The number of aryl methyl sites for hydroxylation is 1. The highest BCUT2D eigenvalue weighted by atomic mass is 32.1. The smallest absolute Gasteiger partial charge is 0.228 e. The van der Waals surface area contributed by atoms with Gasteiger partial charge in [-0.15, -0.1) is 11.3 Å². The molecule has 2 aliphatic rings. The van der Waals surface area contributed by atoms with Crippen LogP contribution in [0.5, 0.6) is 0 Å². The SMILES string of the molecule is N#Cc1c(NC(=O)[C@@H]2C[C@@H]2c2ccccc2)sc2c1CCN(C(=O)CCc1cccnc1)C2. The first-order chi connectivity index (χ1) is 16.1. The van der Waals surface area contributed by atoms with Gasteiger partial charge in [-0.3, -0.25) is 14.6 Å². The van der Waals surface area contributed by atoms with Crippen molar-refractivity contribution in [2.75, 3.05) is 11.9 Å². The summed E-state index contributed by atoms with van der Waals surface area (Å²) >= 11 is 1.43. The number of amides is 2. The normalized spacial score (nSPS) is 18.8. The minimum absolute atomic E-state index is 0.0247. The number of nitriles is 1. The van der Waals surface area contributed by atoms with Crippen molar-refractivity contribution in [2.24, 2.45) is 5.92 Å². The Morgan fingerprint density at radius 1 is 1.21 bits per heavy atom. The summed E-state index contributed by atoms with van der Waals surface area (Å²) in [5.41, 5.74) is 3.77. The first-order valence-corrected chi connectivity index (χ1v) is 12.0. The van der Waals surface area contributed by atoms with Gasteiger partial charge in [-0.05, 0) is 47.9 Å². The van der Waals surface area contributed by atoms with Crippen LogP contribution in [-0.2, 0) is 29.0 Å². The number of nitrogens with zero attached hydrogens (tertiary/aromatic N) is 3. The molecular weight excluding hydrogens is 432 g/mol. The number of nitrogens with one attached hydrogen (secondary N) is 1. The molecule has 7 heteroatoms. The molecule has 33 heavy (non-hydrogen) atoms. The fourth-order valence-corrected chi connectivity index (χ4v) is 5.75. The van der Waals surface area contributed by atoms with E-state index in [1.165, 1.54) is 16.9 Å². The van der Waals surface area contributed by atoms with Crippen LogP contribution in [0.1, 0.15) is 45.9 Å². The van der Waals surface area contributed by atoms with Gasteiger partial charge in [0.2, 0.25) is 11.8 Å². The van der Waals surface area contributed by atoms with Crippen molar-refractivity contribution in [3.8, 4) is 6.07 Å². The third-order valence-electron chi connectivity index (χ3n) is 6.46. The highest BCUT2D eigenvalue weighted by molar-refractivity contribution is 7.16. The van der Waals surface area contributed by atoms with Crippen molar-refractivity contribution in [1.29, 1.82) is 5.26 Å². The number of rotatable bonds is 6. The zero-order valence-electron chi connectivity index (χ0n) is 18.2. The molecule has 5 rings (SSSR count). The highest BCUT2D eigenvalue weighted by Gasteiger charge is 2.44. The summed E-state index contributed by atoms with van der Waals surface area (Å²) in [7, 11) is 0. The van der Waals surface area contributed by atoms with Gasteiger partial charge in [0, 0.05) is 36.2 Å². The van der Waals surface area contributed by atoms with Gasteiger partial charge in [-0.1, -0.05) is 36.4 Å². The Kier molecular flexibility index (Phi) is 5.93. The second-order valence-corrected chi connectivity index (χ2v) is 9.70. The number of anilines is 1. The van der Waals surface area contributed by atoms with Crippen molar-refractivity contribution in [3.63, 3.8) is 0 Å². The monoisotopic (exact) mass is 456 g/mol. The number of hydrogen-bond donors (Lipinski definition) is 1. The maximum absolute atomic E-state index is 12.8. The van der Waals surface area contributed by atoms with Gasteiger partial charge in [0.05, 0.1) is 12.1 Å².